The molecule has 0 saturated heterocycles. The zero-order valence-corrected chi connectivity index (χ0v) is 8.81. The van der Waals surface area contributed by atoms with E-state index in [9.17, 15) is 0 Å². The van der Waals surface area contributed by atoms with Crippen molar-refractivity contribution in [2.24, 2.45) is 11.7 Å². The molecular weight excluding hydrogens is 162 g/mol. The van der Waals surface area contributed by atoms with Crippen LogP contribution in [0.4, 0.5) is 0 Å². The quantitative estimate of drug-likeness (QED) is 0.680. The minimum atomic E-state index is 0.777. The first-order valence-electron chi connectivity index (χ1n) is 5.32. The molecule has 0 aromatic heterocycles. The second kappa shape index (κ2) is 5.15. The highest BCUT2D eigenvalue weighted by molar-refractivity contribution is 5.00. The molecule has 0 spiro atoms. The van der Waals surface area contributed by atoms with Gasteiger partial charge < -0.3 is 10.5 Å². The Morgan fingerprint density at radius 2 is 2.00 bits per heavy atom. The Bertz CT molecular complexity index is 181. The molecular formula is C11H21NO. The lowest BCUT2D eigenvalue weighted by molar-refractivity contribution is 0.165. The van der Waals surface area contributed by atoms with Crippen molar-refractivity contribution in [1.29, 1.82) is 0 Å². The summed E-state index contributed by atoms with van der Waals surface area (Å²) >= 11 is 0. The number of ether oxygens (including phenoxy) is 1. The molecule has 0 atom stereocenters. The van der Waals surface area contributed by atoms with E-state index in [1.165, 1.54) is 25.7 Å². The van der Waals surface area contributed by atoms with Crippen LogP contribution in [0, 0.1) is 5.92 Å². The van der Waals surface area contributed by atoms with Crippen molar-refractivity contribution in [3.8, 4) is 0 Å². The zero-order chi connectivity index (χ0) is 9.68. The summed E-state index contributed by atoms with van der Waals surface area (Å²) in [4.78, 5) is 0. The average Bonchev–Trinajstić information content (AvgIpc) is 2.65. The Morgan fingerprint density at radius 1 is 1.38 bits per heavy atom. The molecule has 0 radical (unpaired) electrons. The van der Waals surface area contributed by atoms with Crippen molar-refractivity contribution in [3.63, 3.8) is 0 Å². The molecule has 0 bridgehead atoms. The summed E-state index contributed by atoms with van der Waals surface area (Å²) in [5, 5.41) is 0. The predicted molar refractivity (Wildman–Crippen MR) is 55.1 cm³/mol. The van der Waals surface area contributed by atoms with E-state index in [-0.39, 0.29) is 0 Å². The molecule has 2 nitrogen and oxygen atoms in total. The highest BCUT2D eigenvalue weighted by atomic mass is 16.5. The van der Waals surface area contributed by atoms with E-state index in [0.717, 1.165) is 30.4 Å². The van der Waals surface area contributed by atoms with Crippen molar-refractivity contribution in [2.75, 3.05) is 6.61 Å². The van der Waals surface area contributed by atoms with Gasteiger partial charge in [-0.05, 0) is 32.1 Å². The molecule has 0 unspecified atom stereocenters. The van der Waals surface area contributed by atoms with E-state index in [2.05, 4.69) is 6.92 Å². The van der Waals surface area contributed by atoms with E-state index < -0.39 is 0 Å². The molecule has 0 amide bonds. The van der Waals surface area contributed by atoms with Crippen LogP contribution in [0.1, 0.15) is 46.0 Å². The first-order chi connectivity index (χ1) is 6.24. The summed E-state index contributed by atoms with van der Waals surface area (Å²) in [5.41, 5.74) is 6.64. The lowest BCUT2D eigenvalue weighted by atomic mass is 10.1. The van der Waals surface area contributed by atoms with Crippen molar-refractivity contribution < 1.29 is 4.74 Å². The topological polar surface area (TPSA) is 35.2 Å². The summed E-state index contributed by atoms with van der Waals surface area (Å²) in [5.74, 6) is 1.70. The number of hydrogen-bond donors (Lipinski definition) is 1. The lowest BCUT2D eigenvalue weighted by Gasteiger charge is -2.13. The lowest BCUT2D eigenvalue weighted by Crippen LogP contribution is -2.08. The molecule has 2 N–H and O–H groups in total. The van der Waals surface area contributed by atoms with Crippen LogP contribution in [-0.2, 0) is 4.74 Å². The molecule has 0 aromatic carbocycles. The number of allylic oxidation sites excluding steroid dienone is 2. The van der Waals surface area contributed by atoms with Crippen molar-refractivity contribution in [3.05, 3.63) is 11.5 Å². The van der Waals surface area contributed by atoms with Gasteiger partial charge in [-0.3, -0.25) is 0 Å². The third kappa shape index (κ3) is 3.29. The van der Waals surface area contributed by atoms with Gasteiger partial charge >= 0.3 is 0 Å². The molecule has 76 valence electrons. The highest BCUT2D eigenvalue weighted by Crippen LogP contribution is 2.25. The molecule has 0 heterocycles. The van der Waals surface area contributed by atoms with E-state index in [0.29, 0.717) is 0 Å². The van der Waals surface area contributed by atoms with Crippen molar-refractivity contribution in [2.45, 2.75) is 46.0 Å². The third-order valence-electron chi connectivity index (χ3n) is 2.84. The zero-order valence-electron chi connectivity index (χ0n) is 8.81. The van der Waals surface area contributed by atoms with Crippen LogP contribution >= 0.6 is 0 Å². The largest absolute Gasteiger partial charge is 0.496 e. The second-order valence-electron chi connectivity index (χ2n) is 3.90. The summed E-state index contributed by atoms with van der Waals surface area (Å²) in [6.07, 6.45) is 6.30. The van der Waals surface area contributed by atoms with Gasteiger partial charge in [0.2, 0.25) is 0 Å². The molecule has 1 rings (SSSR count). The summed E-state index contributed by atoms with van der Waals surface area (Å²) < 4.78 is 5.63. The van der Waals surface area contributed by atoms with Crippen LogP contribution in [-0.4, -0.2) is 6.61 Å². The Kier molecular flexibility index (Phi) is 4.13. The summed E-state index contributed by atoms with van der Waals surface area (Å²) in [6, 6.07) is 0. The molecule has 1 aliphatic rings. The number of nitrogens with two attached hydrogens (primary N) is 1. The first-order valence-corrected chi connectivity index (χ1v) is 5.32. The molecule has 2 heteroatoms. The van der Waals surface area contributed by atoms with Gasteiger partial charge in [0.15, 0.2) is 0 Å². The maximum absolute atomic E-state index is 5.76. The van der Waals surface area contributed by atoms with Gasteiger partial charge in [0.1, 0.15) is 5.76 Å². The Morgan fingerprint density at radius 3 is 2.54 bits per heavy atom. The fourth-order valence-electron chi connectivity index (χ4n) is 1.76. The van der Waals surface area contributed by atoms with Crippen LogP contribution in [0.5, 0.6) is 0 Å². The second-order valence-corrected chi connectivity index (χ2v) is 3.90. The number of rotatable bonds is 4. The third-order valence-corrected chi connectivity index (χ3v) is 2.84. The number of hydrogen-bond acceptors (Lipinski definition) is 2. The van der Waals surface area contributed by atoms with Gasteiger partial charge in [0.25, 0.3) is 0 Å². The molecule has 1 saturated carbocycles. The van der Waals surface area contributed by atoms with Gasteiger partial charge in [-0.25, -0.2) is 0 Å². The van der Waals surface area contributed by atoms with Crippen molar-refractivity contribution >= 4 is 0 Å². The van der Waals surface area contributed by atoms with E-state index >= 15 is 0 Å². The molecule has 1 fully saturated rings. The normalized spacial score (nSPS) is 20.2. The van der Waals surface area contributed by atoms with Gasteiger partial charge in [-0.1, -0.05) is 19.8 Å². The van der Waals surface area contributed by atoms with Gasteiger partial charge in [0.05, 0.1) is 6.61 Å². The maximum atomic E-state index is 5.76. The fraction of sp³-hybridized carbons (Fsp3) is 0.818. The Hall–Kier alpha value is -0.660. The Balaban J connectivity index is 2.24. The van der Waals surface area contributed by atoms with E-state index in [4.69, 9.17) is 10.5 Å². The molecule has 0 aliphatic heterocycles. The van der Waals surface area contributed by atoms with Crippen LogP contribution in [0.25, 0.3) is 0 Å². The predicted octanol–water partition coefficient (Wildman–Crippen LogP) is 2.79. The van der Waals surface area contributed by atoms with Gasteiger partial charge in [-0.15, -0.1) is 0 Å². The van der Waals surface area contributed by atoms with Crippen LogP contribution in [0.3, 0.4) is 0 Å². The minimum Gasteiger partial charge on any atom is -0.496 e. The smallest absolute Gasteiger partial charge is 0.111 e. The summed E-state index contributed by atoms with van der Waals surface area (Å²) in [7, 11) is 0. The van der Waals surface area contributed by atoms with E-state index in [1.807, 2.05) is 6.92 Å². The molecule has 13 heavy (non-hydrogen) atoms. The standard InChI is InChI=1S/C11H21NO/c1-3-11(12)9(2)13-8-10-6-4-5-7-10/h10H,3-8,12H2,1-2H3/b11-9-. The van der Waals surface area contributed by atoms with Crippen LogP contribution in [0.15, 0.2) is 11.5 Å². The minimum absolute atomic E-state index is 0.777. The van der Waals surface area contributed by atoms with Crippen molar-refractivity contribution in [1.82, 2.24) is 0 Å². The fourth-order valence-corrected chi connectivity index (χ4v) is 1.76. The average molecular weight is 183 g/mol. The monoisotopic (exact) mass is 183 g/mol. The molecule has 1 aliphatic carbocycles. The van der Waals surface area contributed by atoms with Gasteiger partial charge in [0, 0.05) is 5.70 Å². The van der Waals surface area contributed by atoms with Crippen LogP contribution < -0.4 is 5.73 Å². The van der Waals surface area contributed by atoms with Crippen LogP contribution in [0.2, 0.25) is 0 Å². The van der Waals surface area contributed by atoms with Gasteiger partial charge in [-0.2, -0.15) is 0 Å². The van der Waals surface area contributed by atoms with E-state index in [1.54, 1.807) is 0 Å². The molecule has 0 aromatic rings. The Labute approximate surface area is 81.1 Å². The SMILES string of the molecule is CC/C(N)=C(\C)OCC1CCCC1. The maximum Gasteiger partial charge on any atom is 0.111 e. The first kappa shape index (κ1) is 10.4. The summed E-state index contributed by atoms with van der Waals surface area (Å²) in [6.45, 7) is 4.89. The highest BCUT2D eigenvalue weighted by Gasteiger charge is 2.15.